The van der Waals surface area contributed by atoms with E-state index in [9.17, 15) is 8.42 Å². The summed E-state index contributed by atoms with van der Waals surface area (Å²) in [6.45, 7) is 1.64. The van der Waals surface area contributed by atoms with Crippen molar-refractivity contribution in [3.8, 4) is 11.5 Å². The monoisotopic (exact) mass is 350 g/mol. The number of benzene rings is 1. The molecule has 1 aromatic rings. The summed E-state index contributed by atoms with van der Waals surface area (Å²) in [4.78, 5) is 0.228. The highest BCUT2D eigenvalue weighted by molar-refractivity contribution is 7.89. The van der Waals surface area contributed by atoms with Crippen LogP contribution in [0.1, 0.15) is 12.8 Å². The van der Waals surface area contributed by atoms with Crippen molar-refractivity contribution in [2.75, 3.05) is 33.9 Å². The standard InChI is InChI=1S/C14H22N2O4S.ClH/c1-19-13-4-3-12(9-14(13)20-2)21(17,18)16-7-5-11(10-15)6-8-16;/h3-4,9,11H,5-8,10,15H2,1-2H3;1H. The summed E-state index contributed by atoms with van der Waals surface area (Å²) in [5.41, 5.74) is 5.64. The fourth-order valence-corrected chi connectivity index (χ4v) is 4.00. The summed E-state index contributed by atoms with van der Waals surface area (Å²) in [5.74, 6) is 1.34. The molecule has 0 spiro atoms. The number of halogens is 1. The molecule has 0 saturated carbocycles. The molecule has 0 bridgehead atoms. The lowest BCUT2D eigenvalue weighted by atomic mass is 9.99. The van der Waals surface area contributed by atoms with E-state index < -0.39 is 10.0 Å². The lowest BCUT2D eigenvalue weighted by Crippen LogP contribution is -2.40. The molecule has 1 saturated heterocycles. The van der Waals surface area contributed by atoms with Crippen LogP contribution >= 0.6 is 12.4 Å². The zero-order chi connectivity index (χ0) is 15.5. The van der Waals surface area contributed by atoms with Crippen molar-refractivity contribution >= 4 is 22.4 Å². The second kappa shape index (κ2) is 8.01. The van der Waals surface area contributed by atoms with Crippen molar-refractivity contribution in [3.05, 3.63) is 18.2 Å². The average molecular weight is 351 g/mol. The summed E-state index contributed by atoms with van der Waals surface area (Å²) in [5, 5.41) is 0. The maximum absolute atomic E-state index is 12.6. The minimum Gasteiger partial charge on any atom is -0.493 e. The van der Waals surface area contributed by atoms with Crippen LogP contribution in [0.3, 0.4) is 0 Å². The largest absolute Gasteiger partial charge is 0.493 e. The molecule has 126 valence electrons. The molecule has 2 N–H and O–H groups in total. The van der Waals surface area contributed by atoms with Gasteiger partial charge in [-0.2, -0.15) is 4.31 Å². The summed E-state index contributed by atoms with van der Waals surface area (Å²) >= 11 is 0. The van der Waals surface area contributed by atoms with Crippen molar-refractivity contribution in [1.82, 2.24) is 4.31 Å². The van der Waals surface area contributed by atoms with Crippen LogP contribution in [0.5, 0.6) is 11.5 Å². The molecule has 0 aliphatic carbocycles. The van der Waals surface area contributed by atoms with Crippen molar-refractivity contribution < 1.29 is 17.9 Å². The summed E-state index contributed by atoms with van der Waals surface area (Å²) in [7, 11) is -0.490. The predicted octanol–water partition coefficient (Wildman–Crippen LogP) is 1.48. The van der Waals surface area contributed by atoms with Gasteiger partial charge < -0.3 is 15.2 Å². The van der Waals surface area contributed by atoms with Gasteiger partial charge in [0.2, 0.25) is 10.0 Å². The first kappa shape index (κ1) is 19.0. The Balaban J connectivity index is 0.00000242. The molecule has 0 aromatic heterocycles. The first-order chi connectivity index (χ1) is 10.0. The van der Waals surface area contributed by atoms with Gasteiger partial charge in [0.25, 0.3) is 0 Å². The van der Waals surface area contributed by atoms with E-state index in [1.54, 1.807) is 12.1 Å². The number of hydrogen-bond donors (Lipinski definition) is 1. The van der Waals surface area contributed by atoms with Gasteiger partial charge in [0.1, 0.15) is 0 Å². The first-order valence-electron chi connectivity index (χ1n) is 6.95. The van der Waals surface area contributed by atoms with Crippen LogP contribution in [0.4, 0.5) is 0 Å². The van der Waals surface area contributed by atoms with Crippen LogP contribution in [0.15, 0.2) is 23.1 Å². The van der Waals surface area contributed by atoms with E-state index >= 15 is 0 Å². The molecule has 0 radical (unpaired) electrons. The Labute approximate surface area is 138 Å². The van der Waals surface area contributed by atoms with Crippen LogP contribution in [0, 0.1) is 5.92 Å². The molecule has 0 atom stereocenters. The number of rotatable bonds is 5. The summed E-state index contributed by atoms with van der Waals surface area (Å²) < 4.78 is 37.1. The van der Waals surface area contributed by atoms with Crippen molar-refractivity contribution in [3.63, 3.8) is 0 Å². The maximum Gasteiger partial charge on any atom is 0.243 e. The lowest BCUT2D eigenvalue weighted by Gasteiger charge is -2.30. The van der Waals surface area contributed by atoms with Gasteiger partial charge in [-0.1, -0.05) is 0 Å². The maximum atomic E-state index is 12.6. The highest BCUT2D eigenvalue weighted by atomic mass is 35.5. The van der Waals surface area contributed by atoms with Crippen LogP contribution in [-0.2, 0) is 10.0 Å². The van der Waals surface area contributed by atoms with Crippen LogP contribution in [-0.4, -0.2) is 46.6 Å². The smallest absolute Gasteiger partial charge is 0.243 e. The van der Waals surface area contributed by atoms with Crippen molar-refractivity contribution in [2.45, 2.75) is 17.7 Å². The molecule has 0 amide bonds. The molecule has 8 heteroatoms. The molecule has 1 heterocycles. The van der Waals surface area contributed by atoms with Gasteiger partial charge in [-0.15, -0.1) is 12.4 Å². The Hall–Kier alpha value is -1.02. The lowest BCUT2D eigenvalue weighted by molar-refractivity contribution is 0.278. The highest BCUT2D eigenvalue weighted by Crippen LogP contribution is 2.31. The quantitative estimate of drug-likeness (QED) is 0.869. The molecule has 1 fully saturated rings. The minimum atomic E-state index is -3.49. The van der Waals surface area contributed by atoms with Gasteiger partial charge >= 0.3 is 0 Å². The molecule has 1 aliphatic heterocycles. The van der Waals surface area contributed by atoms with Gasteiger partial charge in [-0.3, -0.25) is 0 Å². The van der Waals surface area contributed by atoms with E-state index in [0.717, 1.165) is 12.8 Å². The van der Waals surface area contributed by atoms with E-state index in [1.165, 1.54) is 24.6 Å². The average Bonchev–Trinajstić information content (AvgIpc) is 2.54. The SMILES string of the molecule is COc1ccc(S(=O)(=O)N2CCC(CN)CC2)cc1OC.Cl. The molecular formula is C14H23ClN2O4S. The number of nitrogens with two attached hydrogens (primary N) is 1. The second-order valence-electron chi connectivity index (χ2n) is 5.10. The van der Waals surface area contributed by atoms with Gasteiger partial charge in [-0.05, 0) is 37.4 Å². The third kappa shape index (κ3) is 3.84. The summed E-state index contributed by atoms with van der Waals surface area (Å²) in [6, 6.07) is 4.66. The third-order valence-corrected chi connectivity index (χ3v) is 5.79. The Kier molecular flexibility index (Phi) is 6.93. The Morgan fingerprint density at radius 3 is 2.27 bits per heavy atom. The molecular weight excluding hydrogens is 328 g/mol. The molecule has 2 rings (SSSR count). The molecule has 1 aliphatic rings. The number of sulfonamides is 1. The second-order valence-corrected chi connectivity index (χ2v) is 7.04. The molecule has 1 aromatic carbocycles. The zero-order valence-corrected chi connectivity index (χ0v) is 14.5. The van der Waals surface area contributed by atoms with Crippen molar-refractivity contribution in [2.24, 2.45) is 11.7 Å². The Morgan fingerprint density at radius 2 is 1.77 bits per heavy atom. The van der Waals surface area contributed by atoms with Crippen LogP contribution < -0.4 is 15.2 Å². The van der Waals surface area contributed by atoms with Gasteiger partial charge in [0.15, 0.2) is 11.5 Å². The molecule has 6 nitrogen and oxygen atoms in total. The van der Waals surface area contributed by atoms with E-state index in [4.69, 9.17) is 15.2 Å². The fraction of sp³-hybridized carbons (Fsp3) is 0.571. The number of ether oxygens (including phenoxy) is 2. The predicted molar refractivity (Wildman–Crippen MR) is 87.3 cm³/mol. The van der Waals surface area contributed by atoms with E-state index in [1.807, 2.05) is 0 Å². The third-order valence-electron chi connectivity index (χ3n) is 3.90. The normalized spacial score (nSPS) is 16.9. The van der Waals surface area contributed by atoms with E-state index in [0.29, 0.717) is 37.1 Å². The van der Waals surface area contributed by atoms with Crippen LogP contribution in [0.25, 0.3) is 0 Å². The Bertz CT molecular complexity index is 587. The van der Waals surface area contributed by atoms with Gasteiger partial charge in [-0.25, -0.2) is 8.42 Å². The number of piperidine rings is 1. The van der Waals surface area contributed by atoms with Crippen LogP contribution in [0.2, 0.25) is 0 Å². The van der Waals surface area contributed by atoms with E-state index in [-0.39, 0.29) is 17.3 Å². The number of methoxy groups -OCH3 is 2. The highest BCUT2D eigenvalue weighted by Gasteiger charge is 2.29. The topological polar surface area (TPSA) is 81.9 Å². The number of nitrogens with zero attached hydrogens (tertiary/aromatic N) is 1. The van der Waals surface area contributed by atoms with Gasteiger partial charge in [0.05, 0.1) is 19.1 Å². The van der Waals surface area contributed by atoms with Crippen molar-refractivity contribution in [1.29, 1.82) is 0 Å². The van der Waals surface area contributed by atoms with E-state index in [2.05, 4.69) is 0 Å². The Morgan fingerprint density at radius 1 is 1.18 bits per heavy atom. The summed E-state index contributed by atoms with van der Waals surface area (Å²) in [6.07, 6.45) is 1.62. The zero-order valence-electron chi connectivity index (χ0n) is 12.8. The number of hydrogen-bond acceptors (Lipinski definition) is 5. The van der Waals surface area contributed by atoms with Gasteiger partial charge in [0, 0.05) is 19.2 Å². The first-order valence-corrected chi connectivity index (χ1v) is 8.39. The minimum absolute atomic E-state index is 0. The fourth-order valence-electron chi connectivity index (χ4n) is 2.51. The molecule has 22 heavy (non-hydrogen) atoms. The molecule has 0 unspecified atom stereocenters.